The molecule has 2 heterocycles. The van der Waals surface area contributed by atoms with Crippen molar-refractivity contribution in [2.45, 2.75) is 32.7 Å². The number of aromatic nitrogens is 1. The molecule has 0 aliphatic carbocycles. The first-order valence-electron chi connectivity index (χ1n) is 5.99. The van der Waals surface area contributed by atoms with Crippen molar-refractivity contribution in [3.8, 4) is 0 Å². The molecule has 2 N–H and O–H groups in total. The lowest BCUT2D eigenvalue weighted by atomic mass is 10.0. The van der Waals surface area contributed by atoms with Crippen molar-refractivity contribution in [1.29, 1.82) is 0 Å². The summed E-state index contributed by atoms with van der Waals surface area (Å²) in [5, 5.41) is 12.5. The number of anilines is 1. The van der Waals surface area contributed by atoms with Crippen LogP contribution in [0.1, 0.15) is 35.0 Å². The average Bonchev–Trinajstić information content (AvgIpc) is 2.62. The third-order valence-electron chi connectivity index (χ3n) is 3.20. The Kier molecular flexibility index (Phi) is 3.26. The van der Waals surface area contributed by atoms with Crippen LogP contribution in [0.5, 0.6) is 0 Å². The van der Waals surface area contributed by atoms with Crippen LogP contribution in [-0.4, -0.2) is 34.8 Å². The van der Waals surface area contributed by atoms with Crippen LogP contribution >= 0.6 is 0 Å². The number of carbonyl (C=O) groups is 1. The van der Waals surface area contributed by atoms with E-state index in [1.165, 1.54) is 0 Å². The lowest BCUT2D eigenvalue weighted by molar-refractivity contribution is 0.0696. The van der Waals surface area contributed by atoms with Gasteiger partial charge in [-0.3, -0.25) is 0 Å². The maximum absolute atomic E-state index is 11.3. The highest BCUT2D eigenvalue weighted by Gasteiger charge is 2.31. The minimum atomic E-state index is -0.954. The summed E-state index contributed by atoms with van der Waals surface area (Å²) in [7, 11) is 0. The Morgan fingerprint density at radius 3 is 2.83 bits per heavy atom. The third kappa shape index (κ3) is 2.46. The Hall–Kier alpha value is -1.62. The fourth-order valence-electron chi connectivity index (χ4n) is 2.25. The Balaban J connectivity index is 2.39. The van der Waals surface area contributed by atoms with Gasteiger partial charge in [0.25, 0.3) is 0 Å². The van der Waals surface area contributed by atoms with Crippen LogP contribution in [0.3, 0.4) is 0 Å². The number of carboxylic acids is 1. The van der Waals surface area contributed by atoms with E-state index >= 15 is 0 Å². The average molecular weight is 250 g/mol. The van der Waals surface area contributed by atoms with E-state index in [1.807, 2.05) is 13.8 Å². The van der Waals surface area contributed by atoms with E-state index < -0.39 is 5.97 Å². The second kappa shape index (κ2) is 4.57. The molecule has 0 spiro atoms. The summed E-state index contributed by atoms with van der Waals surface area (Å²) in [4.78, 5) is 15.6. The van der Waals surface area contributed by atoms with E-state index in [4.69, 9.17) is 4.74 Å². The van der Waals surface area contributed by atoms with E-state index in [0.717, 1.165) is 17.7 Å². The standard InChI is InChI=1S/C13H18N2O3/c1-8-6-9(2)14-11(10(8)12(16)17)15-13(3)4-5-18-7-13/h6H,4-5,7H2,1-3H3,(H,14,15)(H,16,17). The van der Waals surface area contributed by atoms with Gasteiger partial charge in [0.1, 0.15) is 11.4 Å². The molecule has 1 atom stereocenters. The second-order valence-corrected chi connectivity index (χ2v) is 5.10. The lowest BCUT2D eigenvalue weighted by Crippen LogP contribution is -2.36. The van der Waals surface area contributed by atoms with Crippen LogP contribution in [0, 0.1) is 13.8 Å². The van der Waals surface area contributed by atoms with Gasteiger partial charge in [-0.1, -0.05) is 0 Å². The molecular formula is C13H18N2O3. The van der Waals surface area contributed by atoms with Crippen LogP contribution in [0.2, 0.25) is 0 Å². The van der Waals surface area contributed by atoms with Crippen molar-refractivity contribution in [1.82, 2.24) is 4.98 Å². The maximum Gasteiger partial charge on any atom is 0.339 e. The van der Waals surface area contributed by atoms with Crippen LogP contribution in [0.25, 0.3) is 0 Å². The molecule has 98 valence electrons. The first kappa shape index (κ1) is 12.8. The zero-order valence-corrected chi connectivity index (χ0v) is 10.9. The predicted octanol–water partition coefficient (Wildman–Crippen LogP) is 1.99. The van der Waals surface area contributed by atoms with Gasteiger partial charge in [-0.15, -0.1) is 0 Å². The molecule has 0 amide bonds. The summed E-state index contributed by atoms with van der Waals surface area (Å²) < 4.78 is 5.36. The molecule has 5 nitrogen and oxygen atoms in total. The minimum absolute atomic E-state index is 0.239. The molecule has 1 aromatic rings. The summed E-state index contributed by atoms with van der Waals surface area (Å²) in [6.45, 7) is 6.93. The van der Waals surface area contributed by atoms with Gasteiger partial charge in [-0.05, 0) is 38.8 Å². The highest BCUT2D eigenvalue weighted by molar-refractivity contribution is 5.95. The van der Waals surface area contributed by atoms with Gasteiger partial charge in [-0.25, -0.2) is 9.78 Å². The topological polar surface area (TPSA) is 71.5 Å². The van der Waals surface area contributed by atoms with Crippen molar-refractivity contribution < 1.29 is 14.6 Å². The maximum atomic E-state index is 11.3. The Labute approximate surface area is 106 Å². The largest absolute Gasteiger partial charge is 0.478 e. The summed E-state index contributed by atoms with van der Waals surface area (Å²) in [5.74, 6) is -0.516. The number of carboxylic acid groups (broad SMARTS) is 1. The predicted molar refractivity (Wildman–Crippen MR) is 68.1 cm³/mol. The van der Waals surface area contributed by atoms with Gasteiger partial charge in [0, 0.05) is 12.3 Å². The van der Waals surface area contributed by atoms with Crippen LogP contribution < -0.4 is 5.32 Å². The van der Waals surface area contributed by atoms with Gasteiger partial charge in [0.2, 0.25) is 0 Å². The van der Waals surface area contributed by atoms with Crippen LogP contribution in [-0.2, 0) is 4.74 Å². The lowest BCUT2D eigenvalue weighted by Gasteiger charge is -2.25. The van der Waals surface area contributed by atoms with Crippen LogP contribution in [0.4, 0.5) is 5.82 Å². The number of aromatic carboxylic acids is 1. The SMILES string of the molecule is Cc1cc(C)c(C(=O)O)c(NC2(C)CCOC2)n1. The molecular weight excluding hydrogens is 232 g/mol. The van der Waals surface area contributed by atoms with Crippen molar-refractivity contribution in [2.24, 2.45) is 0 Å². The molecule has 1 saturated heterocycles. The molecule has 1 aromatic heterocycles. The first-order valence-corrected chi connectivity index (χ1v) is 5.99. The van der Waals surface area contributed by atoms with Gasteiger partial charge < -0.3 is 15.2 Å². The Morgan fingerprint density at radius 1 is 1.56 bits per heavy atom. The molecule has 0 bridgehead atoms. The van der Waals surface area contributed by atoms with Gasteiger partial charge >= 0.3 is 5.97 Å². The first-order chi connectivity index (χ1) is 8.41. The number of nitrogens with zero attached hydrogens (tertiary/aromatic N) is 1. The quantitative estimate of drug-likeness (QED) is 0.858. The minimum Gasteiger partial charge on any atom is -0.478 e. The summed E-state index contributed by atoms with van der Waals surface area (Å²) in [6, 6.07) is 1.78. The van der Waals surface area contributed by atoms with Crippen molar-refractivity contribution in [2.75, 3.05) is 18.5 Å². The Morgan fingerprint density at radius 2 is 2.28 bits per heavy atom. The van der Waals surface area contributed by atoms with E-state index in [2.05, 4.69) is 10.3 Å². The molecule has 1 aliphatic rings. The molecule has 1 unspecified atom stereocenters. The van der Waals surface area contributed by atoms with Crippen molar-refractivity contribution in [3.63, 3.8) is 0 Å². The number of ether oxygens (including phenoxy) is 1. The zero-order chi connectivity index (χ0) is 13.3. The number of pyridine rings is 1. The van der Waals surface area contributed by atoms with Crippen molar-refractivity contribution >= 4 is 11.8 Å². The molecule has 1 aliphatic heterocycles. The summed E-state index contributed by atoms with van der Waals surface area (Å²) in [5.41, 5.74) is 1.54. The second-order valence-electron chi connectivity index (χ2n) is 5.10. The summed E-state index contributed by atoms with van der Waals surface area (Å²) in [6.07, 6.45) is 0.848. The van der Waals surface area contributed by atoms with Gasteiger partial charge in [0.15, 0.2) is 0 Å². The zero-order valence-electron chi connectivity index (χ0n) is 10.9. The molecule has 18 heavy (non-hydrogen) atoms. The third-order valence-corrected chi connectivity index (χ3v) is 3.20. The van der Waals surface area contributed by atoms with Gasteiger partial charge in [-0.2, -0.15) is 0 Å². The molecule has 0 aromatic carbocycles. The highest BCUT2D eigenvalue weighted by Crippen LogP contribution is 2.26. The number of rotatable bonds is 3. The fourth-order valence-corrected chi connectivity index (χ4v) is 2.25. The van der Waals surface area contributed by atoms with Gasteiger partial charge in [0.05, 0.1) is 12.1 Å². The van der Waals surface area contributed by atoms with E-state index in [0.29, 0.717) is 19.0 Å². The fraction of sp³-hybridized carbons (Fsp3) is 0.538. The normalized spacial score (nSPS) is 23.1. The Bertz CT molecular complexity index is 479. The summed E-state index contributed by atoms with van der Waals surface area (Å²) >= 11 is 0. The van der Waals surface area contributed by atoms with Crippen molar-refractivity contribution in [3.05, 3.63) is 22.9 Å². The molecule has 2 rings (SSSR count). The van der Waals surface area contributed by atoms with E-state index in [-0.39, 0.29) is 11.1 Å². The molecule has 0 radical (unpaired) electrons. The van der Waals surface area contributed by atoms with Crippen LogP contribution in [0.15, 0.2) is 6.07 Å². The molecule has 1 fully saturated rings. The molecule has 5 heteroatoms. The number of nitrogens with one attached hydrogen (secondary N) is 1. The number of hydrogen-bond donors (Lipinski definition) is 2. The molecule has 0 saturated carbocycles. The highest BCUT2D eigenvalue weighted by atomic mass is 16.5. The monoisotopic (exact) mass is 250 g/mol. The number of aryl methyl sites for hydroxylation is 2. The smallest absolute Gasteiger partial charge is 0.339 e. The van der Waals surface area contributed by atoms with E-state index in [9.17, 15) is 9.90 Å². The van der Waals surface area contributed by atoms with E-state index in [1.54, 1.807) is 13.0 Å². The number of hydrogen-bond acceptors (Lipinski definition) is 4.